The van der Waals surface area contributed by atoms with Gasteiger partial charge in [-0.1, -0.05) is 48.5 Å². The van der Waals surface area contributed by atoms with Crippen molar-refractivity contribution in [3.8, 4) is 11.1 Å². The minimum Gasteiger partial charge on any atom is -0.449 e. The lowest BCUT2D eigenvalue weighted by Gasteiger charge is -2.23. The van der Waals surface area contributed by atoms with Gasteiger partial charge in [-0.2, -0.15) is 0 Å². The van der Waals surface area contributed by atoms with Crippen molar-refractivity contribution in [1.29, 1.82) is 0 Å². The first-order valence-corrected chi connectivity index (χ1v) is 8.52. The lowest BCUT2D eigenvalue weighted by molar-refractivity contribution is 0.0731. The van der Waals surface area contributed by atoms with Crippen molar-refractivity contribution >= 4 is 6.09 Å². The maximum atomic E-state index is 12.1. The molecule has 0 aromatic heterocycles. The topological polar surface area (TPSA) is 47.6 Å². The van der Waals surface area contributed by atoms with Crippen LogP contribution in [-0.2, 0) is 9.47 Å². The van der Waals surface area contributed by atoms with E-state index < -0.39 is 0 Å². The Morgan fingerprint density at radius 2 is 1.58 bits per heavy atom. The number of benzene rings is 2. The minimum atomic E-state index is -0.330. The fourth-order valence-corrected chi connectivity index (χ4v) is 3.65. The van der Waals surface area contributed by atoms with Crippen LogP contribution in [0.1, 0.15) is 29.9 Å². The van der Waals surface area contributed by atoms with E-state index in [2.05, 4.69) is 41.7 Å². The lowest BCUT2D eigenvalue weighted by Crippen LogP contribution is -2.39. The molecule has 1 saturated heterocycles. The first kappa shape index (κ1) is 15.2. The fraction of sp³-hybridized carbons (Fsp3) is 0.350. The van der Waals surface area contributed by atoms with Crippen molar-refractivity contribution in [3.05, 3.63) is 59.7 Å². The van der Waals surface area contributed by atoms with Gasteiger partial charge in [-0.05, 0) is 35.1 Å². The van der Waals surface area contributed by atoms with Crippen LogP contribution >= 0.6 is 0 Å². The Morgan fingerprint density at radius 3 is 2.21 bits per heavy atom. The lowest BCUT2D eigenvalue weighted by atomic mass is 9.98. The highest BCUT2D eigenvalue weighted by atomic mass is 16.5. The number of hydrogen-bond acceptors (Lipinski definition) is 3. The van der Waals surface area contributed by atoms with E-state index >= 15 is 0 Å². The third kappa shape index (κ3) is 2.89. The molecule has 124 valence electrons. The SMILES string of the molecule is O=C(NC1CCOCC1)OCC1c2ccccc2-c2ccccc21. The minimum absolute atomic E-state index is 0.109. The maximum Gasteiger partial charge on any atom is 0.407 e. The van der Waals surface area contributed by atoms with E-state index in [-0.39, 0.29) is 18.1 Å². The fourth-order valence-electron chi connectivity index (χ4n) is 3.65. The van der Waals surface area contributed by atoms with Gasteiger partial charge in [-0.25, -0.2) is 4.79 Å². The summed E-state index contributed by atoms with van der Waals surface area (Å²) < 4.78 is 10.9. The predicted octanol–water partition coefficient (Wildman–Crippen LogP) is 3.70. The summed E-state index contributed by atoms with van der Waals surface area (Å²) in [5.74, 6) is 0.109. The Balaban J connectivity index is 1.45. The van der Waals surface area contributed by atoms with Gasteiger partial charge in [0.05, 0.1) is 0 Å². The van der Waals surface area contributed by atoms with E-state index in [4.69, 9.17) is 9.47 Å². The van der Waals surface area contributed by atoms with Gasteiger partial charge >= 0.3 is 6.09 Å². The van der Waals surface area contributed by atoms with Crippen LogP contribution in [0.2, 0.25) is 0 Å². The molecule has 1 aliphatic heterocycles. The number of hydrogen-bond donors (Lipinski definition) is 1. The third-order valence-electron chi connectivity index (χ3n) is 4.89. The van der Waals surface area contributed by atoms with Crippen molar-refractivity contribution in [2.24, 2.45) is 0 Å². The third-order valence-corrected chi connectivity index (χ3v) is 4.89. The second-order valence-electron chi connectivity index (χ2n) is 6.36. The molecule has 0 radical (unpaired) electrons. The van der Waals surface area contributed by atoms with Crippen molar-refractivity contribution < 1.29 is 14.3 Å². The van der Waals surface area contributed by atoms with E-state index in [0.29, 0.717) is 19.8 Å². The van der Waals surface area contributed by atoms with Gasteiger partial charge < -0.3 is 14.8 Å². The smallest absolute Gasteiger partial charge is 0.407 e. The normalized spacial score (nSPS) is 17.2. The first-order chi connectivity index (χ1) is 11.8. The van der Waals surface area contributed by atoms with Crippen LogP contribution in [0.4, 0.5) is 4.79 Å². The molecule has 1 heterocycles. The molecule has 0 unspecified atom stereocenters. The highest BCUT2D eigenvalue weighted by molar-refractivity contribution is 5.79. The van der Waals surface area contributed by atoms with E-state index in [0.717, 1.165) is 12.8 Å². The molecule has 4 heteroatoms. The molecule has 1 N–H and O–H groups in total. The molecular formula is C20H21NO3. The Hall–Kier alpha value is -2.33. The van der Waals surface area contributed by atoms with Crippen LogP contribution in [0.15, 0.2) is 48.5 Å². The molecule has 1 fully saturated rings. The van der Waals surface area contributed by atoms with Gasteiger partial charge in [0.15, 0.2) is 0 Å². The van der Waals surface area contributed by atoms with Crippen LogP contribution in [0, 0.1) is 0 Å². The number of alkyl carbamates (subject to hydrolysis) is 1. The van der Waals surface area contributed by atoms with Crippen LogP contribution in [-0.4, -0.2) is 32.0 Å². The Morgan fingerprint density at radius 1 is 1.00 bits per heavy atom. The molecule has 4 rings (SSSR count). The van der Waals surface area contributed by atoms with Crippen LogP contribution in [0.5, 0.6) is 0 Å². The Bertz CT molecular complexity index is 692. The molecule has 1 amide bonds. The molecule has 1 aliphatic carbocycles. The number of nitrogens with one attached hydrogen (secondary N) is 1. The van der Waals surface area contributed by atoms with Gasteiger partial charge in [-0.15, -0.1) is 0 Å². The van der Waals surface area contributed by atoms with Crippen molar-refractivity contribution in [2.45, 2.75) is 24.8 Å². The summed E-state index contributed by atoms with van der Waals surface area (Å²) in [5.41, 5.74) is 4.95. The average Bonchev–Trinajstić information content (AvgIpc) is 2.95. The second kappa shape index (κ2) is 6.65. The molecule has 0 atom stereocenters. The molecule has 4 nitrogen and oxygen atoms in total. The maximum absolute atomic E-state index is 12.1. The summed E-state index contributed by atoms with van der Waals surface area (Å²) in [6, 6.07) is 16.9. The van der Waals surface area contributed by atoms with E-state index in [1.807, 2.05) is 12.1 Å². The van der Waals surface area contributed by atoms with Gasteiger partial charge in [0.25, 0.3) is 0 Å². The molecule has 2 aromatic carbocycles. The highest BCUT2D eigenvalue weighted by Crippen LogP contribution is 2.44. The van der Waals surface area contributed by atoms with Crippen LogP contribution < -0.4 is 5.32 Å². The second-order valence-corrected chi connectivity index (χ2v) is 6.36. The van der Waals surface area contributed by atoms with Gasteiger partial charge in [0.2, 0.25) is 0 Å². The predicted molar refractivity (Wildman–Crippen MR) is 92.0 cm³/mol. The molecule has 0 saturated carbocycles. The van der Waals surface area contributed by atoms with E-state index in [1.165, 1.54) is 22.3 Å². The Labute approximate surface area is 141 Å². The van der Waals surface area contributed by atoms with Crippen molar-refractivity contribution in [2.75, 3.05) is 19.8 Å². The monoisotopic (exact) mass is 323 g/mol. The summed E-state index contributed by atoms with van der Waals surface area (Å²) in [4.78, 5) is 12.1. The summed E-state index contributed by atoms with van der Waals surface area (Å²) in [6.07, 6.45) is 1.37. The summed E-state index contributed by atoms with van der Waals surface area (Å²) in [5, 5.41) is 2.95. The molecule has 24 heavy (non-hydrogen) atoms. The van der Waals surface area contributed by atoms with Gasteiger partial charge in [0, 0.05) is 25.2 Å². The number of fused-ring (bicyclic) bond motifs is 3. The molecule has 0 spiro atoms. The number of rotatable bonds is 3. The van der Waals surface area contributed by atoms with Crippen molar-refractivity contribution in [1.82, 2.24) is 5.32 Å². The number of amides is 1. The summed E-state index contributed by atoms with van der Waals surface area (Å²) >= 11 is 0. The highest BCUT2D eigenvalue weighted by Gasteiger charge is 2.29. The van der Waals surface area contributed by atoms with E-state index in [1.54, 1.807) is 0 Å². The zero-order chi connectivity index (χ0) is 16.4. The van der Waals surface area contributed by atoms with E-state index in [9.17, 15) is 4.79 Å². The number of ether oxygens (including phenoxy) is 2. The first-order valence-electron chi connectivity index (χ1n) is 8.52. The molecule has 2 aliphatic rings. The van der Waals surface area contributed by atoms with Gasteiger partial charge in [-0.3, -0.25) is 0 Å². The quantitative estimate of drug-likeness (QED) is 0.937. The zero-order valence-electron chi connectivity index (χ0n) is 13.5. The molecular weight excluding hydrogens is 302 g/mol. The average molecular weight is 323 g/mol. The number of carbonyl (C=O) groups is 1. The standard InChI is InChI=1S/C20H21NO3/c22-20(21-14-9-11-23-12-10-14)24-13-19-17-7-3-1-5-15(17)16-6-2-4-8-18(16)19/h1-8,14,19H,9-13H2,(H,21,22). The summed E-state index contributed by atoms with van der Waals surface area (Å²) in [7, 11) is 0. The zero-order valence-corrected chi connectivity index (χ0v) is 13.5. The van der Waals surface area contributed by atoms with Gasteiger partial charge in [0.1, 0.15) is 6.61 Å². The Kier molecular flexibility index (Phi) is 4.22. The summed E-state index contributed by atoms with van der Waals surface area (Å²) in [6.45, 7) is 1.77. The number of carbonyl (C=O) groups excluding carboxylic acids is 1. The molecule has 0 bridgehead atoms. The largest absolute Gasteiger partial charge is 0.449 e. The molecule has 2 aromatic rings. The van der Waals surface area contributed by atoms with Crippen LogP contribution in [0.25, 0.3) is 11.1 Å². The van der Waals surface area contributed by atoms with Crippen LogP contribution in [0.3, 0.4) is 0 Å². The van der Waals surface area contributed by atoms with Crippen molar-refractivity contribution in [3.63, 3.8) is 0 Å².